The SMILES string of the molecule is O=C(O)CC(O)(CC(=O)O)C(=O)O.c1ccc2c(c1)N=C(N1CCNCC1)c1ccccc1S2. The Morgan fingerprint density at radius 2 is 1.47 bits per heavy atom. The number of carboxylic acid groups (broad SMARTS) is 3. The number of hydrogen-bond donors (Lipinski definition) is 5. The highest BCUT2D eigenvalue weighted by atomic mass is 32.2. The van der Waals surface area contributed by atoms with E-state index in [-0.39, 0.29) is 0 Å². The van der Waals surface area contributed by atoms with Gasteiger partial charge in [-0.25, -0.2) is 9.79 Å². The fourth-order valence-electron chi connectivity index (χ4n) is 3.50. The first-order valence-electron chi connectivity index (χ1n) is 10.5. The Morgan fingerprint density at radius 3 is 2.06 bits per heavy atom. The summed E-state index contributed by atoms with van der Waals surface area (Å²) in [4.78, 5) is 40.4. The van der Waals surface area contributed by atoms with Gasteiger partial charge in [-0.1, -0.05) is 42.1 Å². The van der Waals surface area contributed by atoms with Gasteiger partial charge < -0.3 is 30.6 Å². The van der Waals surface area contributed by atoms with Crippen molar-refractivity contribution in [1.29, 1.82) is 0 Å². The molecule has 2 heterocycles. The minimum Gasteiger partial charge on any atom is -0.481 e. The van der Waals surface area contributed by atoms with E-state index in [1.54, 1.807) is 0 Å². The Morgan fingerprint density at radius 1 is 0.912 bits per heavy atom. The molecule has 0 radical (unpaired) electrons. The van der Waals surface area contributed by atoms with Crippen LogP contribution in [0.25, 0.3) is 0 Å². The lowest BCUT2D eigenvalue weighted by atomic mass is 9.96. The van der Waals surface area contributed by atoms with E-state index < -0.39 is 36.4 Å². The second kappa shape index (κ2) is 11.1. The Balaban J connectivity index is 0.000000218. The van der Waals surface area contributed by atoms with Crippen LogP contribution in [0.2, 0.25) is 0 Å². The molecule has 0 aliphatic carbocycles. The molecule has 0 bridgehead atoms. The van der Waals surface area contributed by atoms with E-state index in [2.05, 4.69) is 58.7 Å². The van der Waals surface area contributed by atoms with Crippen LogP contribution in [0.5, 0.6) is 0 Å². The number of carbonyl (C=O) groups is 3. The predicted octanol–water partition coefficient (Wildman–Crippen LogP) is 1.89. The fraction of sp³-hybridized carbons (Fsp3) is 0.304. The number of carboxylic acids is 3. The van der Waals surface area contributed by atoms with Gasteiger partial charge in [0, 0.05) is 41.5 Å². The number of amidine groups is 1. The lowest BCUT2D eigenvalue weighted by molar-refractivity contribution is -0.170. The topological polar surface area (TPSA) is 160 Å². The highest BCUT2D eigenvalue weighted by Crippen LogP contribution is 2.40. The third kappa shape index (κ3) is 6.34. The second-order valence-corrected chi connectivity index (χ2v) is 8.80. The average Bonchev–Trinajstić information content (AvgIpc) is 2.96. The average molecular weight is 488 g/mol. The summed E-state index contributed by atoms with van der Waals surface area (Å²) in [5.74, 6) is -3.90. The molecule has 0 atom stereocenters. The van der Waals surface area contributed by atoms with Crippen molar-refractivity contribution in [3.8, 4) is 0 Å². The summed E-state index contributed by atoms with van der Waals surface area (Å²) in [5, 5.41) is 37.2. The molecule has 0 aromatic heterocycles. The molecule has 10 nitrogen and oxygen atoms in total. The third-order valence-corrected chi connectivity index (χ3v) is 6.28. The van der Waals surface area contributed by atoms with E-state index in [1.165, 1.54) is 15.4 Å². The Labute approximate surface area is 199 Å². The van der Waals surface area contributed by atoms with E-state index in [4.69, 9.17) is 25.4 Å². The zero-order valence-electron chi connectivity index (χ0n) is 18.2. The molecule has 2 aromatic rings. The molecule has 0 spiro atoms. The van der Waals surface area contributed by atoms with E-state index in [1.807, 2.05) is 11.8 Å². The number of rotatable bonds is 5. The summed E-state index contributed by atoms with van der Waals surface area (Å²) in [6.07, 6.45) is -2.29. The van der Waals surface area contributed by atoms with Crippen molar-refractivity contribution in [3.63, 3.8) is 0 Å². The van der Waals surface area contributed by atoms with Crippen LogP contribution in [0.4, 0.5) is 5.69 Å². The van der Waals surface area contributed by atoms with Gasteiger partial charge in [-0.2, -0.15) is 0 Å². The van der Waals surface area contributed by atoms with Crippen LogP contribution in [0.3, 0.4) is 0 Å². The monoisotopic (exact) mass is 487 g/mol. The normalized spacial score (nSPS) is 15.0. The van der Waals surface area contributed by atoms with Crippen molar-refractivity contribution < 1.29 is 34.8 Å². The Kier molecular flexibility index (Phi) is 8.26. The molecule has 5 N–H and O–H groups in total. The molecule has 0 unspecified atom stereocenters. The van der Waals surface area contributed by atoms with Crippen LogP contribution in [0.15, 0.2) is 63.3 Å². The maximum atomic E-state index is 10.3. The van der Waals surface area contributed by atoms with Crippen molar-refractivity contribution in [1.82, 2.24) is 10.2 Å². The van der Waals surface area contributed by atoms with Gasteiger partial charge in [-0.05, 0) is 18.2 Å². The van der Waals surface area contributed by atoms with Crippen LogP contribution in [-0.2, 0) is 14.4 Å². The van der Waals surface area contributed by atoms with Gasteiger partial charge in [-0.15, -0.1) is 0 Å². The first kappa shape index (κ1) is 25.2. The van der Waals surface area contributed by atoms with Crippen LogP contribution in [0.1, 0.15) is 18.4 Å². The quantitative estimate of drug-likeness (QED) is 0.421. The van der Waals surface area contributed by atoms with Gasteiger partial charge in [0.05, 0.1) is 18.5 Å². The summed E-state index contributed by atoms with van der Waals surface area (Å²) in [6, 6.07) is 17.0. The van der Waals surface area contributed by atoms with Crippen LogP contribution in [0, 0.1) is 0 Å². The number of piperazine rings is 1. The summed E-state index contributed by atoms with van der Waals surface area (Å²) in [7, 11) is 0. The minimum atomic E-state index is -2.74. The number of fused-ring (bicyclic) bond motifs is 2. The smallest absolute Gasteiger partial charge is 0.336 e. The standard InChI is InChI=1S/C17H17N3S.C6H8O7/c1-3-7-15-13(5-1)17(20-11-9-18-10-12-20)19-14-6-2-4-8-16(14)21-15;7-3(8)1-6(13,5(11)12)2-4(9)10/h1-8,18H,9-12H2;13H,1-2H2,(H,7,8)(H,9,10)(H,11,12). The second-order valence-electron chi connectivity index (χ2n) is 7.72. The number of nitrogens with zero attached hydrogens (tertiary/aromatic N) is 2. The summed E-state index contributed by atoms with van der Waals surface area (Å²) < 4.78 is 0. The molecular weight excluding hydrogens is 462 g/mol. The third-order valence-electron chi connectivity index (χ3n) is 5.14. The summed E-state index contributed by atoms with van der Waals surface area (Å²) in [5.41, 5.74) is -0.412. The molecule has 180 valence electrons. The zero-order valence-corrected chi connectivity index (χ0v) is 19.0. The van der Waals surface area contributed by atoms with Crippen molar-refractivity contribution >= 4 is 41.2 Å². The van der Waals surface area contributed by atoms with E-state index >= 15 is 0 Å². The van der Waals surface area contributed by atoms with Gasteiger partial charge in [0.1, 0.15) is 5.84 Å². The molecule has 11 heteroatoms. The number of para-hydroxylation sites is 1. The Hall–Kier alpha value is -3.41. The van der Waals surface area contributed by atoms with Gasteiger partial charge >= 0.3 is 17.9 Å². The molecule has 0 saturated carbocycles. The molecule has 1 saturated heterocycles. The summed E-state index contributed by atoms with van der Waals surface area (Å²) >= 11 is 1.81. The van der Waals surface area contributed by atoms with Crippen molar-refractivity contribution in [2.45, 2.75) is 28.2 Å². The highest BCUT2D eigenvalue weighted by Gasteiger charge is 2.40. The number of benzene rings is 2. The number of hydrogen-bond acceptors (Lipinski definition) is 8. The number of nitrogens with one attached hydrogen (secondary N) is 1. The number of aliphatic hydroxyl groups is 1. The highest BCUT2D eigenvalue weighted by molar-refractivity contribution is 7.99. The molecular formula is C23H25N3O7S. The first-order valence-corrected chi connectivity index (χ1v) is 11.3. The molecule has 2 aliphatic heterocycles. The first-order chi connectivity index (χ1) is 16.2. The zero-order chi connectivity index (χ0) is 24.7. The molecule has 1 fully saturated rings. The van der Waals surface area contributed by atoms with Crippen molar-refractivity contribution in [2.24, 2.45) is 4.99 Å². The van der Waals surface area contributed by atoms with E-state index in [0.717, 1.165) is 37.7 Å². The fourth-order valence-corrected chi connectivity index (χ4v) is 4.52. The molecule has 4 rings (SSSR count). The van der Waals surface area contributed by atoms with Crippen LogP contribution < -0.4 is 5.32 Å². The largest absolute Gasteiger partial charge is 0.481 e. The Bertz CT molecular complexity index is 1080. The molecule has 0 amide bonds. The van der Waals surface area contributed by atoms with Gasteiger partial charge in [0.25, 0.3) is 0 Å². The van der Waals surface area contributed by atoms with Crippen molar-refractivity contribution in [3.05, 3.63) is 54.1 Å². The van der Waals surface area contributed by atoms with Crippen molar-refractivity contribution in [2.75, 3.05) is 26.2 Å². The molecule has 2 aliphatic rings. The van der Waals surface area contributed by atoms with Gasteiger partial charge in [0.2, 0.25) is 0 Å². The number of aliphatic imine (C=N–C) groups is 1. The lowest BCUT2D eigenvalue weighted by Crippen LogP contribution is -2.46. The number of aliphatic carboxylic acids is 3. The van der Waals surface area contributed by atoms with Gasteiger partial charge in [-0.3, -0.25) is 9.59 Å². The lowest BCUT2D eigenvalue weighted by Gasteiger charge is -2.30. The molecule has 34 heavy (non-hydrogen) atoms. The molecule has 2 aromatic carbocycles. The van der Waals surface area contributed by atoms with E-state index in [9.17, 15) is 14.4 Å². The maximum absolute atomic E-state index is 10.3. The van der Waals surface area contributed by atoms with Crippen LogP contribution >= 0.6 is 11.8 Å². The van der Waals surface area contributed by atoms with Gasteiger partial charge in [0.15, 0.2) is 5.60 Å². The minimum absolute atomic E-state index is 1.01. The maximum Gasteiger partial charge on any atom is 0.336 e. The predicted molar refractivity (Wildman–Crippen MR) is 125 cm³/mol. The van der Waals surface area contributed by atoms with E-state index in [0.29, 0.717) is 0 Å². The van der Waals surface area contributed by atoms with Crippen LogP contribution in [-0.4, -0.2) is 80.8 Å². The summed E-state index contributed by atoms with van der Waals surface area (Å²) in [6.45, 7) is 4.08.